The Bertz CT molecular complexity index is 521. The second kappa shape index (κ2) is 6.28. The maximum absolute atomic E-state index is 12.5. The van der Waals surface area contributed by atoms with Crippen molar-refractivity contribution in [2.24, 2.45) is 5.73 Å². The number of anilines is 1. The molecule has 0 unspecified atom stereocenters. The Morgan fingerprint density at radius 1 is 1.50 bits per heavy atom. The van der Waals surface area contributed by atoms with E-state index in [0.29, 0.717) is 18.5 Å². The number of nitrogens with zero attached hydrogens (tertiary/aromatic N) is 1. The van der Waals surface area contributed by atoms with Gasteiger partial charge in [-0.2, -0.15) is 11.8 Å². The van der Waals surface area contributed by atoms with Crippen molar-refractivity contribution in [2.45, 2.75) is 24.9 Å². The first-order valence-electron chi connectivity index (χ1n) is 6.44. The summed E-state index contributed by atoms with van der Waals surface area (Å²) in [4.78, 5) is 25.2. The summed E-state index contributed by atoms with van der Waals surface area (Å²) in [5.41, 5.74) is 7.46. The number of carboxylic acid groups (broad SMARTS) is 1. The molecule has 1 aromatic carbocycles. The molecule has 0 aromatic heterocycles. The van der Waals surface area contributed by atoms with E-state index in [9.17, 15) is 14.7 Å². The van der Waals surface area contributed by atoms with Crippen molar-refractivity contribution in [3.63, 3.8) is 0 Å². The molecule has 1 aromatic rings. The highest BCUT2D eigenvalue weighted by molar-refractivity contribution is 7.98. The minimum Gasteiger partial charge on any atom is -0.480 e. The fraction of sp³-hybridized carbons (Fsp3) is 0.429. The van der Waals surface area contributed by atoms with E-state index in [2.05, 4.69) is 0 Å². The summed E-state index contributed by atoms with van der Waals surface area (Å²) in [6.07, 6.45) is 2.83. The Morgan fingerprint density at radius 3 is 2.85 bits per heavy atom. The number of carbonyl (C=O) groups excluding carboxylic acids is 1. The van der Waals surface area contributed by atoms with Crippen molar-refractivity contribution in [1.29, 1.82) is 0 Å². The fourth-order valence-electron chi connectivity index (χ4n) is 2.40. The van der Waals surface area contributed by atoms with Crippen LogP contribution in [-0.4, -0.2) is 41.1 Å². The molecule has 0 spiro atoms. The lowest BCUT2D eigenvalue weighted by Crippen LogP contribution is -2.50. The number of carboxylic acids is 1. The standard InChI is InChI=1S/C14H18N2O3S/c1-20-7-6-10(15)13(17)16-11-5-3-2-4-9(11)8-12(16)14(18)19/h2-5,10,12H,6-8,15H2,1H3,(H,18,19)/t10-,12+/m1/s1. The highest BCUT2D eigenvalue weighted by Gasteiger charge is 2.39. The lowest BCUT2D eigenvalue weighted by Gasteiger charge is -2.25. The number of carbonyl (C=O) groups is 2. The normalized spacial score (nSPS) is 18.7. The number of hydrogen-bond donors (Lipinski definition) is 2. The molecule has 2 atom stereocenters. The van der Waals surface area contributed by atoms with Gasteiger partial charge in [0.05, 0.1) is 6.04 Å². The van der Waals surface area contributed by atoms with Crippen LogP contribution in [0.1, 0.15) is 12.0 Å². The molecule has 20 heavy (non-hydrogen) atoms. The Kier molecular flexibility index (Phi) is 4.67. The van der Waals surface area contributed by atoms with Gasteiger partial charge >= 0.3 is 5.97 Å². The number of para-hydroxylation sites is 1. The zero-order valence-electron chi connectivity index (χ0n) is 11.3. The van der Waals surface area contributed by atoms with Crippen molar-refractivity contribution in [3.05, 3.63) is 29.8 Å². The van der Waals surface area contributed by atoms with Gasteiger partial charge in [-0.05, 0) is 30.1 Å². The van der Waals surface area contributed by atoms with Gasteiger partial charge in [0.15, 0.2) is 0 Å². The van der Waals surface area contributed by atoms with Gasteiger partial charge in [-0.3, -0.25) is 9.69 Å². The molecular weight excluding hydrogens is 276 g/mol. The highest BCUT2D eigenvalue weighted by atomic mass is 32.2. The molecule has 0 saturated carbocycles. The van der Waals surface area contributed by atoms with Crippen LogP contribution in [0.15, 0.2) is 24.3 Å². The zero-order chi connectivity index (χ0) is 14.7. The van der Waals surface area contributed by atoms with Crippen LogP contribution in [0, 0.1) is 0 Å². The quantitative estimate of drug-likeness (QED) is 0.850. The van der Waals surface area contributed by atoms with Crippen LogP contribution >= 0.6 is 11.8 Å². The van der Waals surface area contributed by atoms with E-state index in [0.717, 1.165) is 11.3 Å². The van der Waals surface area contributed by atoms with Crippen LogP contribution in [0.25, 0.3) is 0 Å². The van der Waals surface area contributed by atoms with Crippen LogP contribution in [0.2, 0.25) is 0 Å². The van der Waals surface area contributed by atoms with Gasteiger partial charge in [-0.1, -0.05) is 18.2 Å². The smallest absolute Gasteiger partial charge is 0.327 e. The molecule has 5 nitrogen and oxygen atoms in total. The number of aliphatic carboxylic acids is 1. The molecular formula is C14H18N2O3S. The highest BCUT2D eigenvalue weighted by Crippen LogP contribution is 2.32. The second-order valence-corrected chi connectivity index (χ2v) is 5.77. The second-order valence-electron chi connectivity index (χ2n) is 4.78. The minimum atomic E-state index is -0.994. The molecule has 108 valence electrons. The summed E-state index contributed by atoms with van der Waals surface area (Å²) in [7, 11) is 0. The molecule has 1 aliphatic rings. The van der Waals surface area contributed by atoms with Gasteiger partial charge in [-0.25, -0.2) is 4.79 Å². The van der Waals surface area contributed by atoms with E-state index in [1.807, 2.05) is 18.4 Å². The predicted molar refractivity (Wildman–Crippen MR) is 80.0 cm³/mol. The van der Waals surface area contributed by atoms with E-state index in [-0.39, 0.29) is 5.91 Å². The molecule has 0 fully saturated rings. The largest absolute Gasteiger partial charge is 0.480 e. The summed E-state index contributed by atoms with van der Waals surface area (Å²) in [5, 5.41) is 9.32. The van der Waals surface area contributed by atoms with Crippen molar-refractivity contribution in [2.75, 3.05) is 16.9 Å². The molecule has 1 heterocycles. The van der Waals surface area contributed by atoms with E-state index >= 15 is 0 Å². The molecule has 1 amide bonds. The van der Waals surface area contributed by atoms with E-state index in [4.69, 9.17) is 5.73 Å². The van der Waals surface area contributed by atoms with Crippen LogP contribution in [0.3, 0.4) is 0 Å². The first kappa shape index (κ1) is 14.9. The lowest BCUT2D eigenvalue weighted by atomic mass is 10.1. The fourth-order valence-corrected chi connectivity index (χ4v) is 2.89. The molecule has 2 rings (SSSR count). The summed E-state index contributed by atoms with van der Waals surface area (Å²) in [6.45, 7) is 0. The predicted octanol–water partition coefficient (Wildman–Crippen LogP) is 1.11. The number of benzene rings is 1. The third-order valence-electron chi connectivity index (χ3n) is 3.45. The lowest BCUT2D eigenvalue weighted by molar-refractivity contribution is -0.140. The Labute approximate surface area is 122 Å². The molecule has 0 radical (unpaired) electrons. The van der Waals surface area contributed by atoms with E-state index < -0.39 is 18.1 Å². The Hall–Kier alpha value is -1.53. The number of thioether (sulfide) groups is 1. The van der Waals surface area contributed by atoms with Gasteiger partial charge in [0.2, 0.25) is 5.91 Å². The van der Waals surface area contributed by atoms with E-state index in [1.54, 1.807) is 23.9 Å². The minimum absolute atomic E-state index is 0.309. The maximum atomic E-state index is 12.5. The van der Waals surface area contributed by atoms with Gasteiger partial charge in [-0.15, -0.1) is 0 Å². The molecule has 1 aliphatic heterocycles. The van der Waals surface area contributed by atoms with Gasteiger partial charge < -0.3 is 10.8 Å². The Morgan fingerprint density at radius 2 is 2.20 bits per heavy atom. The number of nitrogens with two attached hydrogens (primary N) is 1. The Balaban J connectivity index is 2.26. The zero-order valence-corrected chi connectivity index (χ0v) is 12.1. The van der Waals surface area contributed by atoms with Crippen molar-refractivity contribution in [3.8, 4) is 0 Å². The van der Waals surface area contributed by atoms with Gasteiger partial charge in [0, 0.05) is 12.1 Å². The topological polar surface area (TPSA) is 83.6 Å². The molecule has 3 N–H and O–H groups in total. The molecule has 0 aliphatic carbocycles. The monoisotopic (exact) mass is 294 g/mol. The SMILES string of the molecule is CSCC[C@@H](N)C(=O)N1c2ccccc2C[C@H]1C(=O)O. The van der Waals surface area contributed by atoms with Gasteiger partial charge in [0.1, 0.15) is 6.04 Å². The van der Waals surface area contributed by atoms with Crippen molar-refractivity contribution in [1.82, 2.24) is 0 Å². The average molecular weight is 294 g/mol. The molecule has 0 saturated heterocycles. The number of amides is 1. The first-order valence-corrected chi connectivity index (χ1v) is 7.84. The van der Waals surface area contributed by atoms with Crippen LogP contribution in [0.4, 0.5) is 5.69 Å². The summed E-state index contributed by atoms with van der Waals surface area (Å²) in [6, 6.07) is 5.77. The van der Waals surface area contributed by atoms with Crippen LogP contribution in [-0.2, 0) is 16.0 Å². The maximum Gasteiger partial charge on any atom is 0.327 e. The summed E-state index contributed by atoms with van der Waals surface area (Å²) >= 11 is 1.62. The summed E-state index contributed by atoms with van der Waals surface area (Å²) < 4.78 is 0. The van der Waals surface area contributed by atoms with Crippen molar-refractivity contribution < 1.29 is 14.7 Å². The number of rotatable bonds is 5. The summed E-state index contributed by atoms with van der Waals surface area (Å²) in [5.74, 6) is -0.525. The average Bonchev–Trinajstić information content (AvgIpc) is 2.83. The van der Waals surface area contributed by atoms with Gasteiger partial charge in [0.25, 0.3) is 0 Å². The first-order chi connectivity index (χ1) is 9.56. The van der Waals surface area contributed by atoms with E-state index in [1.165, 1.54) is 4.90 Å². The van der Waals surface area contributed by atoms with Crippen LogP contribution in [0.5, 0.6) is 0 Å². The molecule has 0 bridgehead atoms. The third-order valence-corrected chi connectivity index (χ3v) is 4.09. The third kappa shape index (κ3) is 2.81. The molecule has 6 heteroatoms. The van der Waals surface area contributed by atoms with Crippen molar-refractivity contribution >= 4 is 29.3 Å². The number of fused-ring (bicyclic) bond motifs is 1. The number of hydrogen-bond acceptors (Lipinski definition) is 4. The van der Waals surface area contributed by atoms with Crippen LogP contribution < -0.4 is 10.6 Å².